The molecule has 1 aliphatic heterocycles. The summed E-state index contributed by atoms with van der Waals surface area (Å²) in [5, 5.41) is 0. The highest BCUT2D eigenvalue weighted by Gasteiger charge is 2.21. The van der Waals surface area contributed by atoms with E-state index < -0.39 is 11.6 Å². The molecule has 1 heterocycles. The van der Waals surface area contributed by atoms with Crippen LogP contribution in [0.15, 0.2) is 78.9 Å². The maximum absolute atomic E-state index is 13.5. The van der Waals surface area contributed by atoms with Crippen molar-refractivity contribution < 1.29 is 8.78 Å². The van der Waals surface area contributed by atoms with Gasteiger partial charge in [-0.2, -0.15) is 0 Å². The molecule has 2 nitrogen and oxygen atoms in total. The first-order valence-electron chi connectivity index (χ1n) is 10.8. The summed E-state index contributed by atoms with van der Waals surface area (Å²) in [7, 11) is 0. The number of piperazine rings is 1. The van der Waals surface area contributed by atoms with Crippen molar-refractivity contribution in [3.63, 3.8) is 0 Å². The van der Waals surface area contributed by atoms with Gasteiger partial charge in [-0.15, -0.1) is 0 Å². The van der Waals surface area contributed by atoms with Gasteiger partial charge in [-0.05, 0) is 41.3 Å². The molecule has 3 aromatic rings. The van der Waals surface area contributed by atoms with Crippen LogP contribution in [0.3, 0.4) is 0 Å². The Morgan fingerprint density at radius 1 is 0.806 bits per heavy atom. The highest BCUT2D eigenvalue weighted by atomic mass is 19.2. The van der Waals surface area contributed by atoms with Crippen molar-refractivity contribution in [1.29, 1.82) is 0 Å². The SMILES string of the molecule is CC(c1ccc(-c2ccc(F)c(F)c2)cc1)N1CCN(C/C=C/c2ccccc2)CC1. The number of hydrogen-bond acceptors (Lipinski definition) is 2. The average molecular weight is 419 g/mol. The van der Waals surface area contributed by atoms with E-state index in [2.05, 4.69) is 65.3 Å². The van der Waals surface area contributed by atoms with Gasteiger partial charge < -0.3 is 0 Å². The van der Waals surface area contributed by atoms with Gasteiger partial charge in [-0.25, -0.2) is 8.78 Å². The fraction of sp³-hybridized carbons (Fsp3) is 0.259. The van der Waals surface area contributed by atoms with Gasteiger partial charge in [0.2, 0.25) is 0 Å². The fourth-order valence-corrected chi connectivity index (χ4v) is 4.08. The summed E-state index contributed by atoms with van der Waals surface area (Å²) in [5.41, 5.74) is 4.06. The molecule has 1 fully saturated rings. The van der Waals surface area contributed by atoms with E-state index in [1.165, 1.54) is 23.3 Å². The normalized spacial score (nSPS) is 16.6. The third-order valence-corrected chi connectivity index (χ3v) is 6.07. The second-order valence-electron chi connectivity index (χ2n) is 8.08. The molecule has 4 heteroatoms. The first-order valence-corrected chi connectivity index (χ1v) is 10.8. The Hall–Kier alpha value is -2.82. The topological polar surface area (TPSA) is 6.48 Å². The van der Waals surface area contributed by atoms with Gasteiger partial charge in [-0.1, -0.05) is 72.8 Å². The Balaban J connectivity index is 1.30. The maximum Gasteiger partial charge on any atom is 0.159 e. The quantitative estimate of drug-likeness (QED) is 0.483. The standard InChI is InChI=1S/C27H28F2N2/c1-21(23-9-11-24(12-10-23)25-13-14-26(28)27(29)20-25)31-18-16-30(17-19-31)15-5-8-22-6-3-2-4-7-22/h2-14,20-21H,15-19H2,1H3/b8-5+. The molecule has 1 unspecified atom stereocenters. The third-order valence-electron chi connectivity index (χ3n) is 6.07. The molecule has 1 atom stereocenters. The first-order chi connectivity index (χ1) is 15.1. The lowest BCUT2D eigenvalue weighted by Crippen LogP contribution is -2.47. The van der Waals surface area contributed by atoms with Gasteiger partial charge in [0.15, 0.2) is 11.6 Å². The monoisotopic (exact) mass is 418 g/mol. The van der Waals surface area contributed by atoms with Crippen molar-refractivity contribution in [2.75, 3.05) is 32.7 Å². The van der Waals surface area contributed by atoms with Crippen LogP contribution in [0, 0.1) is 11.6 Å². The Kier molecular flexibility index (Phi) is 6.90. The summed E-state index contributed by atoms with van der Waals surface area (Å²) in [6.45, 7) is 7.38. The number of rotatable bonds is 6. The zero-order valence-corrected chi connectivity index (χ0v) is 17.8. The van der Waals surface area contributed by atoms with Crippen LogP contribution >= 0.6 is 0 Å². The zero-order chi connectivity index (χ0) is 21.6. The van der Waals surface area contributed by atoms with Crippen molar-refractivity contribution in [3.05, 3.63) is 102 Å². The molecule has 0 aliphatic carbocycles. The van der Waals surface area contributed by atoms with Crippen molar-refractivity contribution in [3.8, 4) is 11.1 Å². The van der Waals surface area contributed by atoms with E-state index in [9.17, 15) is 8.78 Å². The smallest absolute Gasteiger partial charge is 0.159 e. The third kappa shape index (κ3) is 5.46. The van der Waals surface area contributed by atoms with Crippen LogP contribution in [-0.2, 0) is 0 Å². The summed E-state index contributed by atoms with van der Waals surface area (Å²) >= 11 is 0. The van der Waals surface area contributed by atoms with E-state index >= 15 is 0 Å². The molecule has 160 valence electrons. The zero-order valence-electron chi connectivity index (χ0n) is 17.8. The minimum atomic E-state index is -0.816. The number of halogens is 2. The number of hydrogen-bond donors (Lipinski definition) is 0. The van der Waals surface area contributed by atoms with Crippen LogP contribution in [0.25, 0.3) is 17.2 Å². The molecular weight excluding hydrogens is 390 g/mol. The van der Waals surface area contributed by atoms with Gasteiger partial charge in [0.05, 0.1) is 0 Å². The van der Waals surface area contributed by atoms with Gasteiger partial charge in [0, 0.05) is 38.8 Å². The van der Waals surface area contributed by atoms with Crippen molar-refractivity contribution in [2.45, 2.75) is 13.0 Å². The van der Waals surface area contributed by atoms with Crippen LogP contribution in [0.4, 0.5) is 8.78 Å². The van der Waals surface area contributed by atoms with Gasteiger partial charge in [-0.3, -0.25) is 9.80 Å². The highest BCUT2D eigenvalue weighted by molar-refractivity contribution is 5.63. The number of benzene rings is 3. The molecule has 3 aromatic carbocycles. The van der Waals surface area contributed by atoms with Crippen molar-refractivity contribution >= 4 is 6.08 Å². The predicted molar refractivity (Wildman–Crippen MR) is 124 cm³/mol. The van der Waals surface area contributed by atoms with Gasteiger partial charge >= 0.3 is 0 Å². The average Bonchev–Trinajstić information content (AvgIpc) is 2.82. The summed E-state index contributed by atoms with van der Waals surface area (Å²) < 4.78 is 26.7. The predicted octanol–water partition coefficient (Wildman–Crippen LogP) is 6.02. The Bertz CT molecular complexity index is 1010. The summed E-state index contributed by atoms with van der Waals surface area (Å²) in [4.78, 5) is 4.98. The molecule has 0 amide bonds. The van der Waals surface area contributed by atoms with Crippen LogP contribution in [-0.4, -0.2) is 42.5 Å². The van der Waals surface area contributed by atoms with E-state index in [4.69, 9.17) is 0 Å². The van der Waals surface area contributed by atoms with E-state index in [-0.39, 0.29) is 0 Å². The molecule has 1 saturated heterocycles. The molecular formula is C27H28F2N2. The lowest BCUT2D eigenvalue weighted by molar-refractivity contribution is 0.110. The van der Waals surface area contributed by atoms with Crippen LogP contribution in [0.1, 0.15) is 24.1 Å². The van der Waals surface area contributed by atoms with Gasteiger partial charge in [0.25, 0.3) is 0 Å². The lowest BCUT2D eigenvalue weighted by atomic mass is 10.00. The summed E-state index contributed by atoms with van der Waals surface area (Å²) in [6.07, 6.45) is 4.43. The number of nitrogens with zero attached hydrogens (tertiary/aromatic N) is 2. The molecule has 0 aromatic heterocycles. The largest absolute Gasteiger partial charge is 0.297 e. The van der Waals surface area contributed by atoms with E-state index in [0.717, 1.165) is 38.3 Å². The fourth-order valence-electron chi connectivity index (χ4n) is 4.08. The molecule has 1 aliphatic rings. The van der Waals surface area contributed by atoms with E-state index in [1.807, 2.05) is 18.2 Å². The summed E-state index contributed by atoms with van der Waals surface area (Å²) in [6, 6.07) is 22.9. The van der Waals surface area contributed by atoms with E-state index in [1.54, 1.807) is 6.07 Å². The molecule has 0 N–H and O–H groups in total. The molecule has 31 heavy (non-hydrogen) atoms. The van der Waals surface area contributed by atoms with Crippen LogP contribution < -0.4 is 0 Å². The van der Waals surface area contributed by atoms with Crippen LogP contribution in [0.2, 0.25) is 0 Å². The lowest BCUT2D eigenvalue weighted by Gasteiger charge is -2.38. The van der Waals surface area contributed by atoms with Crippen molar-refractivity contribution in [2.24, 2.45) is 0 Å². The minimum absolute atomic E-state index is 0.320. The van der Waals surface area contributed by atoms with Gasteiger partial charge in [0.1, 0.15) is 0 Å². The van der Waals surface area contributed by atoms with E-state index in [0.29, 0.717) is 11.6 Å². The molecule has 0 spiro atoms. The second kappa shape index (κ2) is 9.99. The van der Waals surface area contributed by atoms with Crippen molar-refractivity contribution in [1.82, 2.24) is 9.80 Å². The molecule has 0 bridgehead atoms. The Labute approximate surface area is 183 Å². The highest BCUT2D eigenvalue weighted by Crippen LogP contribution is 2.26. The second-order valence-corrected chi connectivity index (χ2v) is 8.08. The van der Waals surface area contributed by atoms with Crippen LogP contribution in [0.5, 0.6) is 0 Å². The summed E-state index contributed by atoms with van der Waals surface area (Å²) in [5.74, 6) is -1.63. The molecule has 4 rings (SSSR count). The molecule has 0 radical (unpaired) electrons. The Morgan fingerprint density at radius 2 is 1.48 bits per heavy atom. The maximum atomic E-state index is 13.5. The minimum Gasteiger partial charge on any atom is -0.297 e. The molecule has 0 saturated carbocycles. The Morgan fingerprint density at radius 3 is 2.16 bits per heavy atom. The first kappa shape index (κ1) is 21.4.